The predicted octanol–water partition coefficient (Wildman–Crippen LogP) is 9.02. The van der Waals surface area contributed by atoms with Crippen LogP contribution in [0.1, 0.15) is 22.8 Å². The van der Waals surface area contributed by atoms with Crippen molar-refractivity contribution in [1.29, 1.82) is 0 Å². The molecule has 2 unspecified atom stereocenters. The summed E-state index contributed by atoms with van der Waals surface area (Å²) in [4.78, 5) is 9.55. The molecule has 8 aliphatic heterocycles. The molecule has 8 aliphatic rings. The van der Waals surface area contributed by atoms with Crippen molar-refractivity contribution < 1.29 is 18.3 Å². The molecular formula is C60H30N10+4. The Balaban J connectivity index is 1.04. The molecule has 70 heavy (non-hydrogen) atoms. The fourth-order valence-corrected chi connectivity index (χ4v) is 16.4. The summed E-state index contributed by atoms with van der Waals surface area (Å²) in [5.74, 6) is -1.60. The Morgan fingerprint density at radius 3 is 1.03 bits per heavy atom. The molecule has 0 saturated heterocycles. The lowest BCUT2D eigenvalue weighted by Gasteiger charge is -2.37. The van der Waals surface area contributed by atoms with Crippen LogP contribution in [0.4, 0.5) is 0 Å². The summed E-state index contributed by atoms with van der Waals surface area (Å²) in [6, 6.07) is 52.3. The largest absolute Gasteiger partial charge is 0.553 e. The molecule has 4 aromatic carbocycles. The average molecular weight is 891 g/mol. The highest BCUT2D eigenvalue weighted by Gasteiger charge is 2.76. The molecule has 10 heteroatoms. The first-order valence-electron chi connectivity index (χ1n) is 24.5. The number of pyridine rings is 6. The maximum absolute atomic E-state index is 4.77. The number of hydrogen-bond acceptors (Lipinski definition) is 2. The summed E-state index contributed by atoms with van der Waals surface area (Å²) in [6.07, 6.45) is 9.78. The van der Waals surface area contributed by atoms with E-state index < -0.39 is 11.8 Å². The van der Waals surface area contributed by atoms with Crippen LogP contribution in [0.2, 0.25) is 0 Å². The number of para-hydroxylation sites is 4. The average Bonchev–Trinajstić information content (AvgIpc) is 4.25. The Bertz CT molecular complexity index is 4890. The van der Waals surface area contributed by atoms with Gasteiger partial charge in [-0.2, -0.15) is 0 Å². The number of benzene rings is 4. The zero-order valence-corrected chi connectivity index (χ0v) is 36.9. The van der Waals surface area contributed by atoms with Gasteiger partial charge in [-0.05, 0) is 60.7 Å². The van der Waals surface area contributed by atoms with Gasteiger partial charge < -0.3 is 0 Å². The number of nitrogens with zero attached hydrogens (tertiary/aromatic N) is 10. The van der Waals surface area contributed by atoms with Gasteiger partial charge in [-0.1, -0.05) is 66.8 Å². The minimum absolute atomic E-state index is 0.800. The summed E-state index contributed by atoms with van der Waals surface area (Å²) < 4.78 is 21.9. The van der Waals surface area contributed by atoms with Gasteiger partial charge in [-0.15, -0.1) is 0 Å². The molecule has 0 aliphatic carbocycles. The third-order valence-corrected chi connectivity index (χ3v) is 18.3. The van der Waals surface area contributed by atoms with Crippen LogP contribution in [0.15, 0.2) is 158 Å². The molecule has 2 atom stereocenters. The van der Waals surface area contributed by atoms with Crippen molar-refractivity contribution in [3.63, 3.8) is 0 Å². The van der Waals surface area contributed by atoms with E-state index in [0.717, 1.165) is 23.6 Å². The fraction of sp³-hybridized carbons (Fsp3) is 0.0667. The molecule has 0 radical (unpaired) electrons. The summed E-state index contributed by atoms with van der Waals surface area (Å²) in [5.41, 5.74) is 25.3. The van der Waals surface area contributed by atoms with Crippen molar-refractivity contribution in [2.24, 2.45) is 0 Å². The molecule has 0 saturated carbocycles. The van der Waals surface area contributed by atoms with Crippen LogP contribution in [0.3, 0.4) is 0 Å². The molecule has 10 nitrogen and oxygen atoms in total. The van der Waals surface area contributed by atoms with Crippen LogP contribution >= 0.6 is 0 Å². The molecule has 14 aromatic rings. The zero-order chi connectivity index (χ0) is 44.2. The number of fused-ring (bicyclic) bond motifs is 13. The van der Waals surface area contributed by atoms with Gasteiger partial charge in [-0.3, -0.25) is 9.97 Å². The molecule has 10 aromatic heterocycles. The van der Waals surface area contributed by atoms with Crippen molar-refractivity contribution in [2.45, 2.75) is 24.7 Å². The van der Waals surface area contributed by atoms with Gasteiger partial charge in [0.15, 0.2) is 0 Å². The topological polar surface area (TPSA) is 61.0 Å². The Labute approximate surface area is 394 Å². The highest BCUT2D eigenvalue weighted by Crippen LogP contribution is 2.57. The van der Waals surface area contributed by atoms with E-state index in [1.807, 2.05) is 12.4 Å². The standard InChI is InChI=1S/C60H30N10/c1-5-29-17-35-23-37-19-31-7-3-11-43-53(31)65(37)59-63(35)51(29)41(9-1)55-39-13-15-61-27-33(39)21-47(67(55)59)49-25-45-46(57(43)69(49)59)26-50-48-22-34-28-62-16-14-40(34)56-42-10-2-6-30-18-36-24-38-20-32-8-4-12-44-54(32)66(38)60(68(48)56,64(36)52(30)42)70(50)58(44)45/h1-22,25-28H,23-24H2/q+4. The minimum Gasteiger partial charge on any atom is -0.264 e. The van der Waals surface area contributed by atoms with Gasteiger partial charge in [0, 0.05) is 117 Å². The lowest BCUT2D eigenvalue weighted by Crippen LogP contribution is -2.81. The zero-order valence-electron chi connectivity index (χ0n) is 36.9. The van der Waals surface area contributed by atoms with Crippen LogP contribution in [0, 0.1) is 0 Å². The maximum atomic E-state index is 4.77. The van der Waals surface area contributed by atoms with Crippen molar-refractivity contribution in [1.82, 2.24) is 28.2 Å². The van der Waals surface area contributed by atoms with E-state index >= 15 is 0 Å². The van der Waals surface area contributed by atoms with E-state index in [1.165, 1.54) is 156 Å². The van der Waals surface area contributed by atoms with E-state index in [1.54, 1.807) is 0 Å². The Kier molecular flexibility index (Phi) is 4.43. The van der Waals surface area contributed by atoms with Gasteiger partial charge in [0.25, 0.3) is 22.8 Å². The molecule has 18 heterocycles. The lowest BCUT2D eigenvalue weighted by molar-refractivity contribution is -0.969. The van der Waals surface area contributed by atoms with Gasteiger partial charge in [0.05, 0.1) is 65.9 Å². The van der Waals surface area contributed by atoms with Crippen molar-refractivity contribution >= 4 is 75.9 Å². The predicted molar refractivity (Wildman–Crippen MR) is 264 cm³/mol. The molecule has 0 amide bonds. The number of rotatable bonds is 0. The first kappa shape index (κ1) is 32.4. The molecule has 0 fully saturated rings. The van der Waals surface area contributed by atoms with Crippen LogP contribution in [0.25, 0.3) is 144 Å². The molecule has 0 bridgehead atoms. The summed E-state index contributed by atoms with van der Waals surface area (Å²) in [6.45, 7) is 0. The normalized spacial score (nSPS) is 19.1. The highest BCUT2D eigenvalue weighted by molar-refractivity contribution is 6.12. The lowest BCUT2D eigenvalue weighted by atomic mass is 9.93. The summed E-state index contributed by atoms with van der Waals surface area (Å²) in [5, 5.41) is 12.3. The van der Waals surface area contributed by atoms with E-state index in [2.05, 4.69) is 182 Å². The second-order valence-corrected chi connectivity index (χ2v) is 21.0. The van der Waals surface area contributed by atoms with Crippen molar-refractivity contribution in [3.05, 3.63) is 181 Å². The smallest absolute Gasteiger partial charge is 0.264 e. The van der Waals surface area contributed by atoms with Crippen LogP contribution < -0.4 is 18.3 Å². The first-order chi connectivity index (χ1) is 34.7. The third kappa shape index (κ3) is 2.79. The van der Waals surface area contributed by atoms with Crippen LogP contribution in [-0.2, 0) is 24.7 Å². The van der Waals surface area contributed by atoms with Crippen LogP contribution in [0.5, 0.6) is 0 Å². The van der Waals surface area contributed by atoms with Gasteiger partial charge in [0.2, 0.25) is 22.8 Å². The fourth-order valence-electron chi connectivity index (χ4n) is 16.4. The van der Waals surface area contributed by atoms with E-state index in [9.17, 15) is 0 Å². The summed E-state index contributed by atoms with van der Waals surface area (Å²) >= 11 is 0. The van der Waals surface area contributed by atoms with E-state index in [4.69, 9.17) is 9.97 Å². The first-order valence-corrected chi connectivity index (χ1v) is 24.5. The SMILES string of the molecule is c1cc2c3c(c1)cc1n3C34n5c(cc6cccc(c65)-c5c6cc7[n+]8c(c6cc([n+]53)-c3cc5cnccc5c-2[n+]34)-c2cccc3cc4n(c23)C82n3c(cc5cccc(c53)-c3c5ccncc5cc-7[n+]32)C4)C1. The summed E-state index contributed by atoms with van der Waals surface area (Å²) in [7, 11) is 0. The van der Waals surface area contributed by atoms with E-state index in [-0.39, 0.29) is 0 Å². The van der Waals surface area contributed by atoms with Gasteiger partial charge >= 0.3 is 11.8 Å². The molecule has 316 valence electrons. The van der Waals surface area contributed by atoms with E-state index in [0.29, 0.717) is 0 Å². The molecule has 22 rings (SSSR count). The van der Waals surface area contributed by atoms with Gasteiger partial charge in [-0.25, -0.2) is 18.3 Å². The minimum atomic E-state index is -0.800. The maximum Gasteiger partial charge on any atom is 0.553 e. The quantitative estimate of drug-likeness (QED) is 0.143. The second kappa shape index (κ2) is 9.57. The Hall–Kier alpha value is -9.28. The van der Waals surface area contributed by atoms with Crippen molar-refractivity contribution in [2.75, 3.05) is 0 Å². The monoisotopic (exact) mass is 890 g/mol. The van der Waals surface area contributed by atoms with Crippen LogP contribution in [-0.4, -0.2) is 28.2 Å². The highest BCUT2D eigenvalue weighted by atomic mass is 15.6. The molecule has 2 spiro atoms. The molecular weight excluding hydrogens is 861 g/mol. The van der Waals surface area contributed by atoms with Crippen molar-refractivity contribution in [3.8, 4) is 67.8 Å². The second-order valence-electron chi connectivity index (χ2n) is 21.0. The van der Waals surface area contributed by atoms with Gasteiger partial charge in [0.1, 0.15) is 0 Å². The Morgan fingerprint density at radius 2 is 0.671 bits per heavy atom. The number of hydrogen-bond donors (Lipinski definition) is 0. The third-order valence-electron chi connectivity index (χ3n) is 18.3. The molecule has 0 N–H and O–H groups in total. The number of aromatic nitrogens is 10. The Morgan fingerprint density at radius 1 is 0.343 bits per heavy atom.